The van der Waals surface area contributed by atoms with Gasteiger partial charge >= 0.3 is 5.97 Å². The topological polar surface area (TPSA) is 110 Å². The smallest absolute Gasteiger partial charge is 0.335 e. The summed E-state index contributed by atoms with van der Waals surface area (Å²) in [5, 5.41) is 12.6. The SMILES string of the molecule is Cc1cc(NS(=O)(=O)c2cc(C(=O)O)cc(C)c2C)on1. The minimum Gasteiger partial charge on any atom is -0.478 e. The van der Waals surface area contributed by atoms with E-state index >= 15 is 0 Å². The molecule has 0 saturated heterocycles. The minimum absolute atomic E-state index is 0.0229. The first-order valence-corrected chi connectivity index (χ1v) is 7.49. The van der Waals surface area contributed by atoms with E-state index in [1.165, 1.54) is 12.1 Å². The zero-order valence-electron chi connectivity index (χ0n) is 11.7. The molecule has 0 amide bonds. The van der Waals surface area contributed by atoms with Gasteiger partial charge in [-0.15, -0.1) is 0 Å². The molecule has 7 nitrogen and oxygen atoms in total. The fraction of sp³-hybridized carbons (Fsp3) is 0.231. The molecule has 0 saturated carbocycles. The van der Waals surface area contributed by atoms with Gasteiger partial charge in [-0.05, 0) is 44.0 Å². The first-order valence-electron chi connectivity index (χ1n) is 6.01. The number of carboxylic acids is 1. The Bertz CT molecular complexity index is 808. The summed E-state index contributed by atoms with van der Waals surface area (Å²) in [6.45, 7) is 4.92. The number of hydrogen-bond acceptors (Lipinski definition) is 5. The second kappa shape index (κ2) is 5.21. The third-order valence-corrected chi connectivity index (χ3v) is 4.49. The van der Waals surface area contributed by atoms with Gasteiger partial charge in [0.2, 0.25) is 5.88 Å². The molecule has 8 heteroatoms. The number of aromatic nitrogens is 1. The van der Waals surface area contributed by atoms with Crippen LogP contribution in [-0.4, -0.2) is 24.7 Å². The molecule has 0 aliphatic heterocycles. The third-order valence-electron chi connectivity index (χ3n) is 3.02. The first-order chi connectivity index (χ1) is 9.70. The molecule has 112 valence electrons. The molecule has 0 spiro atoms. The van der Waals surface area contributed by atoms with Crippen molar-refractivity contribution in [1.82, 2.24) is 5.16 Å². The highest BCUT2D eigenvalue weighted by Gasteiger charge is 2.22. The Morgan fingerprint density at radius 2 is 1.90 bits per heavy atom. The molecule has 0 atom stereocenters. The minimum atomic E-state index is -3.96. The van der Waals surface area contributed by atoms with Crippen molar-refractivity contribution in [3.05, 3.63) is 40.6 Å². The Morgan fingerprint density at radius 3 is 2.43 bits per heavy atom. The number of benzene rings is 1. The molecule has 2 aromatic rings. The maximum Gasteiger partial charge on any atom is 0.335 e. The van der Waals surface area contributed by atoms with Gasteiger partial charge in [-0.25, -0.2) is 17.9 Å². The molecule has 1 aromatic heterocycles. The number of aryl methyl sites for hydroxylation is 2. The van der Waals surface area contributed by atoms with Crippen LogP contribution < -0.4 is 4.72 Å². The zero-order valence-corrected chi connectivity index (χ0v) is 12.5. The normalized spacial score (nSPS) is 11.4. The van der Waals surface area contributed by atoms with Crippen molar-refractivity contribution in [2.24, 2.45) is 0 Å². The van der Waals surface area contributed by atoms with Gasteiger partial charge < -0.3 is 9.63 Å². The molecule has 0 bridgehead atoms. The fourth-order valence-corrected chi connectivity index (χ4v) is 3.15. The van der Waals surface area contributed by atoms with E-state index in [1.807, 2.05) is 0 Å². The van der Waals surface area contributed by atoms with Crippen LogP contribution in [0.3, 0.4) is 0 Å². The number of carbonyl (C=O) groups is 1. The number of hydrogen-bond donors (Lipinski definition) is 2. The molecule has 0 aliphatic rings. The van der Waals surface area contributed by atoms with Crippen LogP contribution in [0.15, 0.2) is 27.6 Å². The standard InChI is InChI=1S/C13H14N2O5S/c1-7-4-10(13(16)17)6-11(9(7)3)21(18,19)15-12-5-8(2)14-20-12/h4-6,15H,1-3H3,(H,16,17). The lowest BCUT2D eigenvalue weighted by Gasteiger charge is -2.11. The largest absolute Gasteiger partial charge is 0.478 e. The van der Waals surface area contributed by atoms with E-state index in [0.717, 1.165) is 6.07 Å². The molecular formula is C13H14N2O5S. The summed E-state index contributed by atoms with van der Waals surface area (Å²) in [6.07, 6.45) is 0. The predicted molar refractivity (Wildman–Crippen MR) is 74.9 cm³/mol. The second-order valence-electron chi connectivity index (χ2n) is 4.66. The van der Waals surface area contributed by atoms with E-state index in [4.69, 9.17) is 9.63 Å². The lowest BCUT2D eigenvalue weighted by atomic mass is 10.1. The van der Waals surface area contributed by atoms with Crippen LogP contribution in [-0.2, 0) is 10.0 Å². The van der Waals surface area contributed by atoms with Gasteiger partial charge in [-0.3, -0.25) is 0 Å². The molecular weight excluding hydrogens is 296 g/mol. The van der Waals surface area contributed by atoms with E-state index in [9.17, 15) is 13.2 Å². The van der Waals surface area contributed by atoms with Crippen LogP contribution in [0.5, 0.6) is 0 Å². The van der Waals surface area contributed by atoms with Crippen LogP contribution in [0.25, 0.3) is 0 Å². The van der Waals surface area contributed by atoms with E-state index in [-0.39, 0.29) is 16.3 Å². The quantitative estimate of drug-likeness (QED) is 0.895. The molecule has 21 heavy (non-hydrogen) atoms. The van der Waals surface area contributed by atoms with E-state index in [0.29, 0.717) is 16.8 Å². The van der Waals surface area contributed by atoms with Crippen molar-refractivity contribution in [1.29, 1.82) is 0 Å². The summed E-state index contributed by atoms with van der Waals surface area (Å²) in [7, 11) is -3.96. The summed E-state index contributed by atoms with van der Waals surface area (Å²) in [5.41, 5.74) is 1.49. The molecule has 0 fully saturated rings. The Balaban J connectivity index is 2.51. The van der Waals surface area contributed by atoms with Gasteiger partial charge in [0.05, 0.1) is 16.2 Å². The van der Waals surface area contributed by atoms with Gasteiger partial charge in [0.1, 0.15) is 0 Å². The van der Waals surface area contributed by atoms with Crippen molar-refractivity contribution < 1.29 is 22.8 Å². The summed E-state index contributed by atoms with van der Waals surface area (Å²) >= 11 is 0. The van der Waals surface area contributed by atoms with Crippen molar-refractivity contribution in [2.75, 3.05) is 4.72 Å². The lowest BCUT2D eigenvalue weighted by Crippen LogP contribution is -2.15. The van der Waals surface area contributed by atoms with Gasteiger partial charge in [0, 0.05) is 6.07 Å². The molecule has 1 heterocycles. The Hall–Kier alpha value is -2.35. The van der Waals surface area contributed by atoms with Gasteiger partial charge in [-0.2, -0.15) is 0 Å². The van der Waals surface area contributed by atoms with Crippen LogP contribution in [0.4, 0.5) is 5.88 Å². The molecule has 2 N–H and O–H groups in total. The van der Waals surface area contributed by atoms with Crippen molar-refractivity contribution in [3.63, 3.8) is 0 Å². The summed E-state index contributed by atoms with van der Waals surface area (Å²) in [4.78, 5) is 11.0. The highest BCUT2D eigenvalue weighted by atomic mass is 32.2. The number of nitrogens with zero attached hydrogens (tertiary/aromatic N) is 1. The average Bonchev–Trinajstić information content (AvgIpc) is 2.76. The number of nitrogens with one attached hydrogen (secondary N) is 1. The van der Waals surface area contributed by atoms with Gasteiger partial charge in [0.25, 0.3) is 10.0 Å². The van der Waals surface area contributed by atoms with Crippen molar-refractivity contribution >= 4 is 21.9 Å². The zero-order chi connectivity index (χ0) is 15.8. The van der Waals surface area contributed by atoms with Crippen LogP contribution in [0, 0.1) is 20.8 Å². The van der Waals surface area contributed by atoms with Crippen LogP contribution in [0.1, 0.15) is 27.2 Å². The number of sulfonamides is 1. The Morgan fingerprint density at radius 1 is 1.24 bits per heavy atom. The molecule has 0 unspecified atom stereocenters. The predicted octanol–water partition coefficient (Wildman–Crippen LogP) is 2.10. The molecule has 2 rings (SSSR count). The molecule has 1 aromatic carbocycles. The summed E-state index contributed by atoms with van der Waals surface area (Å²) in [6, 6.07) is 3.98. The van der Waals surface area contributed by atoms with Crippen molar-refractivity contribution in [3.8, 4) is 0 Å². The third kappa shape index (κ3) is 3.05. The summed E-state index contributed by atoms with van der Waals surface area (Å²) in [5.74, 6) is -1.21. The number of aromatic carboxylic acids is 1. The van der Waals surface area contributed by atoms with Gasteiger partial charge in [0.15, 0.2) is 0 Å². The Kier molecular flexibility index (Phi) is 3.73. The maximum absolute atomic E-state index is 12.4. The molecule has 0 radical (unpaired) electrons. The highest BCUT2D eigenvalue weighted by Crippen LogP contribution is 2.24. The fourth-order valence-electron chi connectivity index (χ4n) is 1.83. The highest BCUT2D eigenvalue weighted by molar-refractivity contribution is 7.92. The van der Waals surface area contributed by atoms with Crippen LogP contribution >= 0.6 is 0 Å². The maximum atomic E-state index is 12.4. The average molecular weight is 310 g/mol. The van der Waals surface area contributed by atoms with E-state index < -0.39 is 16.0 Å². The molecule has 0 aliphatic carbocycles. The number of rotatable bonds is 4. The van der Waals surface area contributed by atoms with Crippen LogP contribution in [0.2, 0.25) is 0 Å². The Labute approximate surface area is 121 Å². The first kappa shape index (κ1) is 15.0. The monoisotopic (exact) mass is 310 g/mol. The van der Waals surface area contributed by atoms with E-state index in [1.54, 1.807) is 20.8 Å². The van der Waals surface area contributed by atoms with Crippen molar-refractivity contribution in [2.45, 2.75) is 25.7 Å². The van der Waals surface area contributed by atoms with Gasteiger partial charge in [-0.1, -0.05) is 5.16 Å². The van der Waals surface area contributed by atoms with E-state index in [2.05, 4.69) is 9.88 Å². The second-order valence-corrected chi connectivity index (χ2v) is 6.31. The lowest BCUT2D eigenvalue weighted by molar-refractivity contribution is 0.0696. The number of anilines is 1. The summed E-state index contributed by atoms with van der Waals surface area (Å²) < 4.78 is 31.8. The number of carboxylic acid groups (broad SMARTS) is 1.